The molecule has 0 aliphatic heterocycles. The summed E-state index contributed by atoms with van der Waals surface area (Å²) in [6.45, 7) is 2.12. The summed E-state index contributed by atoms with van der Waals surface area (Å²) in [7, 11) is 0. The van der Waals surface area contributed by atoms with E-state index in [0.717, 1.165) is 22.8 Å². The molecule has 0 spiro atoms. The van der Waals surface area contributed by atoms with E-state index in [1.54, 1.807) is 22.7 Å². The van der Waals surface area contributed by atoms with Gasteiger partial charge in [0.05, 0.1) is 15.6 Å². The van der Waals surface area contributed by atoms with Crippen molar-refractivity contribution in [1.29, 1.82) is 0 Å². The Morgan fingerprint density at radius 2 is 1.89 bits per heavy atom. The first-order valence-electron chi connectivity index (χ1n) is 6.06. The highest BCUT2D eigenvalue weighted by atomic mass is 32.1. The van der Waals surface area contributed by atoms with E-state index in [1.165, 1.54) is 15.3 Å². The van der Waals surface area contributed by atoms with Crippen LogP contribution in [0.4, 0.5) is 5.69 Å². The molecular formula is C15H14N2S2. The molecule has 19 heavy (non-hydrogen) atoms. The Morgan fingerprint density at radius 3 is 2.58 bits per heavy atom. The third-order valence-electron chi connectivity index (χ3n) is 2.88. The van der Waals surface area contributed by atoms with E-state index >= 15 is 0 Å². The average Bonchev–Trinajstić information content (AvgIpc) is 3.01. The summed E-state index contributed by atoms with van der Waals surface area (Å²) in [5.41, 5.74) is 8.83. The topological polar surface area (TPSA) is 38.9 Å². The van der Waals surface area contributed by atoms with Crippen LogP contribution < -0.4 is 5.73 Å². The van der Waals surface area contributed by atoms with E-state index in [2.05, 4.69) is 36.6 Å². The molecule has 0 aliphatic rings. The van der Waals surface area contributed by atoms with Crippen molar-refractivity contribution >= 4 is 28.4 Å². The summed E-state index contributed by atoms with van der Waals surface area (Å²) in [5, 5.41) is 3.28. The van der Waals surface area contributed by atoms with Gasteiger partial charge in [-0.2, -0.15) is 0 Å². The van der Waals surface area contributed by atoms with Crippen LogP contribution in [0, 0.1) is 6.92 Å². The van der Waals surface area contributed by atoms with Crippen molar-refractivity contribution in [3.63, 3.8) is 0 Å². The van der Waals surface area contributed by atoms with E-state index in [0.29, 0.717) is 0 Å². The van der Waals surface area contributed by atoms with Crippen molar-refractivity contribution in [3.8, 4) is 10.6 Å². The molecule has 0 aliphatic carbocycles. The SMILES string of the molecule is Cc1ccc(-c2csc(Cc3ccc(N)cc3)n2)s1. The van der Waals surface area contributed by atoms with Gasteiger partial charge in [0.1, 0.15) is 0 Å². The lowest BCUT2D eigenvalue weighted by atomic mass is 10.1. The van der Waals surface area contributed by atoms with Gasteiger partial charge in [-0.15, -0.1) is 22.7 Å². The lowest BCUT2D eigenvalue weighted by molar-refractivity contribution is 1.14. The first-order chi connectivity index (χ1) is 9.20. The number of aryl methyl sites for hydroxylation is 1. The summed E-state index contributed by atoms with van der Waals surface area (Å²) in [6.07, 6.45) is 0.870. The Balaban J connectivity index is 1.80. The van der Waals surface area contributed by atoms with Crippen LogP contribution in [0.15, 0.2) is 41.8 Å². The van der Waals surface area contributed by atoms with Gasteiger partial charge >= 0.3 is 0 Å². The highest BCUT2D eigenvalue weighted by molar-refractivity contribution is 7.16. The third-order valence-corrected chi connectivity index (χ3v) is 4.75. The first-order valence-corrected chi connectivity index (χ1v) is 7.76. The molecule has 2 heterocycles. The van der Waals surface area contributed by atoms with E-state index in [4.69, 9.17) is 10.7 Å². The van der Waals surface area contributed by atoms with Crippen molar-refractivity contribution < 1.29 is 0 Å². The number of nitrogen functional groups attached to an aromatic ring is 1. The van der Waals surface area contributed by atoms with Crippen LogP contribution in [0.5, 0.6) is 0 Å². The zero-order chi connectivity index (χ0) is 13.2. The summed E-state index contributed by atoms with van der Waals surface area (Å²) in [6, 6.07) is 12.3. The number of hydrogen-bond donors (Lipinski definition) is 1. The number of anilines is 1. The highest BCUT2D eigenvalue weighted by Crippen LogP contribution is 2.29. The molecule has 3 aromatic rings. The van der Waals surface area contributed by atoms with Gasteiger partial charge in [-0.05, 0) is 36.8 Å². The Kier molecular flexibility index (Phi) is 3.36. The predicted molar refractivity (Wildman–Crippen MR) is 83.8 cm³/mol. The quantitative estimate of drug-likeness (QED) is 0.727. The zero-order valence-electron chi connectivity index (χ0n) is 10.6. The first kappa shape index (κ1) is 12.4. The molecule has 2 nitrogen and oxygen atoms in total. The number of benzene rings is 1. The maximum absolute atomic E-state index is 5.69. The minimum atomic E-state index is 0.803. The molecule has 3 rings (SSSR count). The van der Waals surface area contributed by atoms with Crippen LogP contribution in [0.2, 0.25) is 0 Å². The van der Waals surface area contributed by atoms with Crippen LogP contribution in [0.3, 0.4) is 0 Å². The lowest BCUT2D eigenvalue weighted by Crippen LogP contribution is -1.89. The molecule has 96 valence electrons. The molecular weight excluding hydrogens is 272 g/mol. The van der Waals surface area contributed by atoms with Gasteiger partial charge in [-0.25, -0.2) is 4.98 Å². The zero-order valence-corrected chi connectivity index (χ0v) is 12.2. The number of rotatable bonds is 3. The fourth-order valence-corrected chi connectivity index (χ4v) is 3.62. The second-order valence-corrected chi connectivity index (χ2v) is 6.69. The molecule has 1 aromatic carbocycles. The van der Waals surface area contributed by atoms with Gasteiger partial charge in [0.2, 0.25) is 0 Å². The van der Waals surface area contributed by atoms with Gasteiger partial charge in [0.15, 0.2) is 0 Å². The predicted octanol–water partition coefficient (Wildman–Crippen LogP) is 4.35. The van der Waals surface area contributed by atoms with Gasteiger partial charge in [0, 0.05) is 22.4 Å². The summed E-state index contributed by atoms with van der Waals surface area (Å²) < 4.78 is 0. The molecule has 0 saturated carbocycles. The van der Waals surface area contributed by atoms with Crippen LogP contribution in [0.25, 0.3) is 10.6 Å². The lowest BCUT2D eigenvalue weighted by Gasteiger charge is -1.98. The third kappa shape index (κ3) is 2.85. The molecule has 4 heteroatoms. The monoisotopic (exact) mass is 286 g/mol. The van der Waals surface area contributed by atoms with Gasteiger partial charge in [-0.1, -0.05) is 12.1 Å². The number of thiophene rings is 1. The standard InChI is InChI=1S/C15H14N2S2/c1-10-2-7-14(19-10)13-9-18-15(17-13)8-11-3-5-12(16)6-4-11/h2-7,9H,8,16H2,1H3. The Bertz CT molecular complexity index is 680. The molecule has 0 radical (unpaired) electrons. The van der Waals surface area contributed by atoms with Gasteiger partial charge in [-0.3, -0.25) is 0 Å². The van der Waals surface area contributed by atoms with E-state index in [9.17, 15) is 0 Å². The Hall–Kier alpha value is -1.65. The normalized spacial score (nSPS) is 10.8. The number of thiazole rings is 1. The number of hydrogen-bond acceptors (Lipinski definition) is 4. The fourth-order valence-electron chi connectivity index (χ4n) is 1.89. The summed E-state index contributed by atoms with van der Waals surface area (Å²) >= 11 is 3.51. The summed E-state index contributed by atoms with van der Waals surface area (Å²) in [5.74, 6) is 0. The molecule has 0 saturated heterocycles. The Morgan fingerprint density at radius 1 is 1.11 bits per heavy atom. The number of nitrogens with two attached hydrogens (primary N) is 1. The van der Waals surface area contributed by atoms with Crippen molar-refractivity contribution in [2.75, 3.05) is 5.73 Å². The molecule has 2 N–H and O–H groups in total. The van der Waals surface area contributed by atoms with Crippen LogP contribution >= 0.6 is 22.7 Å². The second-order valence-electron chi connectivity index (χ2n) is 4.46. The number of aromatic nitrogens is 1. The minimum absolute atomic E-state index is 0.803. The van der Waals surface area contributed by atoms with E-state index in [-0.39, 0.29) is 0 Å². The van der Waals surface area contributed by atoms with Crippen LogP contribution in [0.1, 0.15) is 15.4 Å². The minimum Gasteiger partial charge on any atom is -0.399 e. The molecule has 0 unspecified atom stereocenters. The smallest absolute Gasteiger partial charge is 0.0976 e. The number of nitrogens with zero attached hydrogens (tertiary/aromatic N) is 1. The molecule has 0 fully saturated rings. The van der Waals surface area contributed by atoms with Crippen molar-refractivity contribution in [2.24, 2.45) is 0 Å². The van der Waals surface area contributed by atoms with E-state index in [1.807, 2.05) is 12.1 Å². The molecule has 0 atom stereocenters. The van der Waals surface area contributed by atoms with Crippen LogP contribution in [-0.4, -0.2) is 4.98 Å². The van der Waals surface area contributed by atoms with Gasteiger partial charge < -0.3 is 5.73 Å². The Labute approximate surface area is 120 Å². The molecule has 0 amide bonds. The van der Waals surface area contributed by atoms with Gasteiger partial charge in [0.25, 0.3) is 0 Å². The van der Waals surface area contributed by atoms with Crippen molar-refractivity contribution in [2.45, 2.75) is 13.3 Å². The highest BCUT2D eigenvalue weighted by Gasteiger charge is 2.07. The largest absolute Gasteiger partial charge is 0.399 e. The fraction of sp³-hybridized carbons (Fsp3) is 0.133. The van der Waals surface area contributed by atoms with Crippen molar-refractivity contribution in [3.05, 3.63) is 57.2 Å². The average molecular weight is 286 g/mol. The van der Waals surface area contributed by atoms with Crippen LogP contribution in [-0.2, 0) is 6.42 Å². The maximum Gasteiger partial charge on any atom is 0.0976 e. The van der Waals surface area contributed by atoms with E-state index < -0.39 is 0 Å². The second kappa shape index (κ2) is 5.15. The molecule has 2 aromatic heterocycles. The maximum atomic E-state index is 5.69. The summed E-state index contributed by atoms with van der Waals surface area (Å²) in [4.78, 5) is 7.28. The molecule has 0 bridgehead atoms. The van der Waals surface area contributed by atoms with Crippen molar-refractivity contribution in [1.82, 2.24) is 4.98 Å².